The normalized spacial score (nSPS) is 28.2. The van der Waals surface area contributed by atoms with E-state index in [9.17, 15) is 14.7 Å². The van der Waals surface area contributed by atoms with Crippen LogP contribution in [0.25, 0.3) is 0 Å². The first-order valence-electron chi connectivity index (χ1n) is 6.14. The number of amides is 2. The lowest BCUT2D eigenvalue weighted by molar-refractivity contribution is -0.148. The summed E-state index contributed by atoms with van der Waals surface area (Å²) in [5, 5.41) is 14.7. The Morgan fingerprint density at radius 3 is 2.83 bits per heavy atom. The number of hydrogen-bond acceptors (Lipinski definition) is 2. The molecule has 100 valence electrons. The van der Waals surface area contributed by atoms with Crippen molar-refractivity contribution < 1.29 is 14.7 Å². The van der Waals surface area contributed by atoms with E-state index in [4.69, 9.17) is 6.42 Å². The molecule has 3 unspecified atom stereocenters. The first-order valence-corrected chi connectivity index (χ1v) is 6.14. The first kappa shape index (κ1) is 14.4. The topological polar surface area (TPSA) is 78.4 Å². The summed E-state index contributed by atoms with van der Waals surface area (Å²) in [4.78, 5) is 23.0. The first-order chi connectivity index (χ1) is 8.40. The van der Waals surface area contributed by atoms with E-state index in [0.717, 1.165) is 6.42 Å². The maximum absolute atomic E-state index is 11.7. The van der Waals surface area contributed by atoms with Gasteiger partial charge in [-0.15, -0.1) is 12.3 Å². The molecule has 1 aliphatic rings. The van der Waals surface area contributed by atoms with Crippen molar-refractivity contribution in [2.75, 3.05) is 0 Å². The Morgan fingerprint density at radius 2 is 2.28 bits per heavy atom. The zero-order valence-electron chi connectivity index (χ0n) is 10.8. The fraction of sp³-hybridized carbons (Fsp3) is 0.692. The minimum Gasteiger partial charge on any atom is -0.481 e. The number of urea groups is 1. The second-order valence-electron chi connectivity index (χ2n) is 5.09. The van der Waals surface area contributed by atoms with Crippen LogP contribution in [0.2, 0.25) is 0 Å². The molecule has 5 heteroatoms. The SMILES string of the molecule is C#CCC(C)NC(=O)NC1CCCC1(C)C(=O)O. The molecule has 1 fully saturated rings. The van der Waals surface area contributed by atoms with Crippen LogP contribution in [0.5, 0.6) is 0 Å². The predicted octanol–water partition coefficient (Wildman–Crippen LogP) is 1.34. The number of carboxylic acids is 1. The fourth-order valence-electron chi connectivity index (χ4n) is 2.31. The summed E-state index contributed by atoms with van der Waals surface area (Å²) in [7, 11) is 0. The Morgan fingerprint density at radius 1 is 1.61 bits per heavy atom. The van der Waals surface area contributed by atoms with E-state index in [1.54, 1.807) is 6.92 Å². The summed E-state index contributed by atoms with van der Waals surface area (Å²) >= 11 is 0. The Bertz CT molecular complexity index is 375. The fourth-order valence-corrected chi connectivity index (χ4v) is 2.31. The number of carbonyl (C=O) groups is 2. The van der Waals surface area contributed by atoms with E-state index < -0.39 is 11.4 Å². The highest BCUT2D eigenvalue weighted by Crippen LogP contribution is 2.38. The van der Waals surface area contributed by atoms with Crippen LogP contribution in [0.3, 0.4) is 0 Å². The lowest BCUT2D eigenvalue weighted by Crippen LogP contribution is -2.51. The van der Waals surface area contributed by atoms with Crippen LogP contribution in [0.15, 0.2) is 0 Å². The minimum atomic E-state index is -0.868. The summed E-state index contributed by atoms with van der Waals surface area (Å²) < 4.78 is 0. The van der Waals surface area contributed by atoms with Gasteiger partial charge in [0.05, 0.1) is 5.41 Å². The summed E-state index contributed by atoms with van der Waals surface area (Å²) in [6.45, 7) is 3.49. The Balaban J connectivity index is 2.54. The number of terminal acetylenes is 1. The van der Waals surface area contributed by atoms with Crippen molar-refractivity contribution in [1.29, 1.82) is 0 Å². The van der Waals surface area contributed by atoms with Crippen molar-refractivity contribution in [1.82, 2.24) is 10.6 Å². The molecule has 18 heavy (non-hydrogen) atoms. The molecule has 0 aromatic heterocycles. The molecule has 0 saturated heterocycles. The van der Waals surface area contributed by atoms with Crippen LogP contribution in [0.4, 0.5) is 4.79 Å². The number of carbonyl (C=O) groups excluding carboxylic acids is 1. The number of carboxylic acid groups (broad SMARTS) is 1. The number of aliphatic carboxylic acids is 1. The lowest BCUT2D eigenvalue weighted by Gasteiger charge is -2.28. The quantitative estimate of drug-likeness (QED) is 0.661. The molecular weight excluding hydrogens is 232 g/mol. The van der Waals surface area contributed by atoms with Gasteiger partial charge in [0.2, 0.25) is 0 Å². The molecular formula is C13H20N2O3. The van der Waals surface area contributed by atoms with E-state index >= 15 is 0 Å². The average Bonchev–Trinajstić information content (AvgIpc) is 2.61. The highest BCUT2D eigenvalue weighted by Gasteiger charge is 2.45. The summed E-state index contributed by atoms with van der Waals surface area (Å²) in [6.07, 6.45) is 7.70. The average molecular weight is 252 g/mol. The second kappa shape index (κ2) is 5.76. The largest absolute Gasteiger partial charge is 0.481 e. The number of nitrogens with one attached hydrogen (secondary N) is 2. The summed E-state index contributed by atoms with van der Waals surface area (Å²) in [5.41, 5.74) is -0.868. The van der Waals surface area contributed by atoms with Gasteiger partial charge in [-0.2, -0.15) is 0 Å². The second-order valence-corrected chi connectivity index (χ2v) is 5.09. The third-order valence-electron chi connectivity index (χ3n) is 3.55. The van der Waals surface area contributed by atoms with Gasteiger partial charge in [0.25, 0.3) is 0 Å². The van der Waals surface area contributed by atoms with Gasteiger partial charge >= 0.3 is 12.0 Å². The van der Waals surface area contributed by atoms with Gasteiger partial charge in [0, 0.05) is 18.5 Å². The van der Waals surface area contributed by atoms with Gasteiger partial charge in [0.15, 0.2) is 0 Å². The molecule has 3 N–H and O–H groups in total. The molecule has 5 nitrogen and oxygen atoms in total. The maximum atomic E-state index is 11.7. The molecule has 1 rings (SSSR count). The van der Waals surface area contributed by atoms with Gasteiger partial charge in [-0.05, 0) is 26.7 Å². The maximum Gasteiger partial charge on any atom is 0.315 e. The zero-order valence-corrected chi connectivity index (χ0v) is 10.8. The van der Waals surface area contributed by atoms with Gasteiger partial charge in [-0.3, -0.25) is 4.79 Å². The van der Waals surface area contributed by atoms with Gasteiger partial charge in [0.1, 0.15) is 0 Å². The van der Waals surface area contributed by atoms with Crippen LogP contribution in [-0.4, -0.2) is 29.2 Å². The van der Waals surface area contributed by atoms with Crippen LogP contribution in [0, 0.1) is 17.8 Å². The van der Waals surface area contributed by atoms with Gasteiger partial charge in [-0.1, -0.05) is 6.42 Å². The van der Waals surface area contributed by atoms with E-state index in [0.29, 0.717) is 19.3 Å². The highest BCUT2D eigenvalue weighted by molar-refractivity contribution is 5.79. The molecule has 0 radical (unpaired) electrons. The van der Waals surface area contributed by atoms with Crippen LogP contribution >= 0.6 is 0 Å². The number of hydrogen-bond donors (Lipinski definition) is 3. The number of rotatable bonds is 4. The summed E-state index contributed by atoms with van der Waals surface area (Å²) in [6, 6.07) is -0.794. The third kappa shape index (κ3) is 3.16. The minimum absolute atomic E-state index is 0.118. The molecule has 0 spiro atoms. The van der Waals surface area contributed by atoms with Crippen molar-refractivity contribution in [2.24, 2.45) is 5.41 Å². The van der Waals surface area contributed by atoms with Crippen molar-refractivity contribution in [2.45, 2.75) is 51.6 Å². The molecule has 0 aromatic rings. The highest BCUT2D eigenvalue weighted by atomic mass is 16.4. The third-order valence-corrected chi connectivity index (χ3v) is 3.55. The molecule has 1 aliphatic carbocycles. The van der Waals surface area contributed by atoms with Crippen molar-refractivity contribution in [3.8, 4) is 12.3 Å². The van der Waals surface area contributed by atoms with Crippen molar-refractivity contribution in [3.05, 3.63) is 0 Å². The van der Waals surface area contributed by atoms with E-state index in [1.807, 2.05) is 6.92 Å². The van der Waals surface area contributed by atoms with Crippen LogP contribution in [0.1, 0.15) is 39.5 Å². The van der Waals surface area contributed by atoms with Gasteiger partial charge in [-0.25, -0.2) is 4.79 Å². The zero-order chi connectivity index (χ0) is 13.8. The van der Waals surface area contributed by atoms with E-state index in [-0.39, 0.29) is 18.1 Å². The van der Waals surface area contributed by atoms with Crippen LogP contribution in [-0.2, 0) is 4.79 Å². The predicted molar refractivity (Wildman–Crippen MR) is 68.0 cm³/mol. The molecule has 0 heterocycles. The Labute approximate surface area is 107 Å². The lowest BCUT2D eigenvalue weighted by atomic mass is 9.85. The van der Waals surface area contributed by atoms with E-state index in [2.05, 4.69) is 16.6 Å². The van der Waals surface area contributed by atoms with Crippen molar-refractivity contribution >= 4 is 12.0 Å². The van der Waals surface area contributed by atoms with Gasteiger partial charge < -0.3 is 15.7 Å². The Kier molecular flexibility index (Phi) is 4.60. The molecule has 0 bridgehead atoms. The van der Waals surface area contributed by atoms with Crippen molar-refractivity contribution in [3.63, 3.8) is 0 Å². The molecule has 2 amide bonds. The monoisotopic (exact) mass is 252 g/mol. The smallest absolute Gasteiger partial charge is 0.315 e. The molecule has 1 saturated carbocycles. The molecule has 3 atom stereocenters. The molecule has 0 aliphatic heterocycles. The summed E-state index contributed by atoms with van der Waals surface area (Å²) in [5.74, 6) is 1.61. The Hall–Kier alpha value is -1.70. The standard InChI is InChI=1S/C13H20N2O3/c1-4-6-9(2)14-12(18)15-10-7-5-8-13(10,3)11(16)17/h1,9-10H,5-8H2,2-3H3,(H,16,17)(H2,14,15,18). The molecule has 0 aromatic carbocycles. The van der Waals surface area contributed by atoms with Crippen LogP contribution < -0.4 is 10.6 Å². The van der Waals surface area contributed by atoms with E-state index in [1.165, 1.54) is 0 Å².